The Morgan fingerprint density at radius 2 is 1.46 bits per heavy atom. The fourth-order valence-electron chi connectivity index (χ4n) is 12.4. The van der Waals surface area contributed by atoms with Crippen LogP contribution in [0.2, 0.25) is 0 Å². The van der Waals surface area contributed by atoms with Gasteiger partial charge in [-0.2, -0.15) is 0 Å². The molecule has 0 amide bonds. The number of esters is 2. The van der Waals surface area contributed by atoms with E-state index in [2.05, 4.69) is 48.5 Å². The van der Waals surface area contributed by atoms with Gasteiger partial charge in [0.2, 0.25) is 0 Å². The summed E-state index contributed by atoms with van der Waals surface area (Å²) in [6.07, 6.45) is 9.31. The molecule has 6 nitrogen and oxygen atoms in total. The van der Waals surface area contributed by atoms with Crippen LogP contribution in [0.15, 0.2) is 65.7 Å². The Balaban J connectivity index is 1.15. The Bertz CT molecular complexity index is 1680. The number of carbonyl (C=O) groups excluding carboxylic acids is 2. The number of nitrogen functional groups attached to an aromatic ring is 1. The molecule has 9 atom stereocenters. The van der Waals surface area contributed by atoms with Gasteiger partial charge in [-0.15, -0.1) is 0 Å². The van der Waals surface area contributed by atoms with Crippen LogP contribution in [0.3, 0.4) is 0 Å². The predicted octanol–water partition coefficient (Wildman–Crippen LogP) is 9.57. The van der Waals surface area contributed by atoms with Crippen LogP contribution in [-0.2, 0) is 9.47 Å². The largest absolute Gasteiger partial charge is 0.462 e. The highest BCUT2D eigenvalue weighted by Crippen LogP contribution is 2.75. The number of nitrogens with two attached hydrogens (primary N) is 1. The van der Waals surface area contributed by atoms with Gasteiger partial charge in [0.05, 0.1) is 23.8 Å². The third-order valence-electron chi connectivity index (χ3n) is 15.7. The van der Waals surface area contributed by atoms with E-state index in [-0.39, 0.29) is 56.5 Å². The van der Waals surface area contributed by atoms with Crippen LogP contribution in [0.5, 0.6) is 0 Å². The third kappa shape index (κ3) is 5.37. The standard InChI is InChI=1S/C44H59NO5/c1-39(2)33-25-32(46)36-31(42(33,5)19-18-35(39)50-38(48)29-13-15-30(45)16-14-29)17-20-43(6)34-26-40(3,21-22-41(34,4)23-24-44(36,43)7)27-49-37(47)28-11-9-8-10-12-28/h8-16,32-35,46H,17-27,45H2,1-7H3/t32-,33+,34-,35-,40-,41-,42-,43+,44-/m1/s1. The molecule has 0 aromatic heterocycles. The normalized spacial score (nSPS) is 40.4. The Hall–Kier alpha value is -3.12. The lowest BCUT2D eigenvalue weighted by molar-refractivity contribution is -0.169. The summed E-state index contributed by atoms with van der Waals surface area (Å²) in [5.41, 5.74) is 10.1. The maximum absolute atomic E-state index is 13.3. The van der Waals surface area contributed by atoms with E-state index in [1.165, 1.54) is 11.1 Å². The van der Waals surface area contributed by atoms with Gasteiger partial charge in [-0.3, -0.25) is 0 Å². The average molecular weight is 682 g/mol. The van der Waals surface area contributed by atoms with Crippen LogP contribution in [0.25, 0.3) is 0 Å². The molecule has 0 heterocycles. The van der Waals surface area contributed by atoms with E-state index in [1.54, 1.807) is 24.3 Å². The highest BCUT2D eigenvalue weighted by Gasteiger charge is 2.67. The van der Waals surface area contributed by atoms with Crippen molar-refractivity contribution in [3.8, 4) is 0 Å². The minimum absolute atomic E-state index is 0.0233. The highest BCUT2D eigenvalue weighted by atomic mass is 16.5. The highest BCUT2D eigenvalue weighted by molar-refractivity contribution is 5.90. The van der Waals surface area contributed by atoms with Gasteiger partial charge < -0.3 is 20.3 Å². The van der Waals surface area contributed by atoms with Crippen LogP contribution < -0.4 is 5.73 Å². The van der Waals surface area contributed by atoms with Crippen LogP contribution in [0.1, 0.15) is 133 Å². The first kappa shape index (κ1) is 35.3. The van der Waals surface area contributed by atoms with Crippen molar-refractivity contribution in [2.45, 2.75) is 125 Å². The molecule has 5 aliphatic rings. The second-order valence-corrected chi connectivity index (χ2v) is 18.9. The predicted molar refractivity (Wildman–Crippen MR) is 197 cm³/mol. The molecule has 0 unspecified atom stereocenters. The van der Waals surface area contributed by atoms with Crippen molar-refractivity contribution in [2.75, 3.05) is 12.3 Å². The zero-order chi connectivity index (χ0) is 35.9. The first-order valence-electron chi connectivity index (χ1n) is 19.2. The summed E-state index contributed by atoms with van der Waals surface area (Å²) in [5, 5.41) is 12.4. The maximum Gasteiger partial charge on any atom is 0.338 e. The van der Waals surface area contributed by atoms with Gasteiger partial charge in [0, 0.05) is 16.5 Å². The molecular formula is C44H59NO5. The smallest absolute Gasteiger partial charge is 0.338 e. The molecule has 7 rings (SSSR count). The lowest BCUT2D eigenvalue weighted by atomic mass is 9.35. The minimum Gasteiger partial charge on any atom is -0.462 e. The molecule has 0 bridgehead atoms. The summed E-state index contributed by atoms with van der Waals surface area (Å²) < 4.78 is 12.3. The number of allylic oxidation sites excluding steroid dienone is 1. The van der Waals surface area contributed by atoms with Crippen molar-refractivity contribution in [3.63, 3.8) is 0 Å². The van der Waals surface area contributed by atoms with E-state index < -0.39 is 6.10 Å². The summed E-state index contributed by atoms with van der Waals surface area (Å²) >= 11 is 0. The maximum atomic E-state index is 13.3. The summed E-state index contributed by atoms with van der Waals surface area (Å²) in [7, 11) is 0. The molecular weight excluding hydrogens is 622 g/mol. The number of anilines is 1. The molecule has 5 aliphatic carbocycles. The van der Waals surface area contributed by atoms with E-state index in [1.807, 2.05) is 30.3 Å². The fourth-order valence-corrected chi connectivity index (χ4v) is 12.4. The summed E-state index contributed by atoms with van der Waals surface area (Å²) in [4.78, 5) is 26.2. The van der Waals surface area contributed by atoms with Crippen LogP contribution in [-0.4, -0.2) is 35.9 Å². The molecule has 3 N–H and O–H groups in total. The van der Waals surface area contributed by atoms with Crippen molar-refractivity contribution >= 4 is 17.6 Å². The van der Waals surface area contributed by atoms with Crippen molar-refractivity contribution in [2.24, 2.45) is 44.3 Å². The van der Waals surface area contributed by atoms with E-state index in [0.29, 0.717) is 35.8 Å². The van der Waals surface area contributed by atoms with Crippen LogP contribution >= 0.6 is 0 Å². The summed E-state index contributed by atoms with van der Waals surface area (Å²) in [6.45, 7) is 17.3. The number of carbonyl (C=O) groups is 2. The first-order valence-corrected chi connectivity index (χ1v) is 19.2. The molecule has 6 heteroatoms. The first-order chi connectivity index (χ1) is 23.5. The van der Waals surface area contributed by atoms with Crippen LogP contribution in [0.4, 0.5) is 5.69 Å². The lowest BCUT2D eigenvalue weighted by Crippen LogP contribution is -2.63. The molecule has 0 saturated heterocycles. The molecule has 2 aromatic carbocycles. The quantitative estimate of drug-likeness (QED) is 0.185. The Kier molecular flexibility index (Phi) is 8.45. The summed E-state index contributed by atoms with van der Waals surface area (Å²) in [6, 6.07) is 16.3. The zero-order valence-electron chi connectivity index (χ0n) is 31.4. The van der Waals surface area contributed by atoms with Crippen molar-refractivity contribution in [1.82, 2.24) is 0 Å². The zero-order valence-corrected chi connectivity index (χ0v) is 31.4. The van der Waals surface area contributed by atoms with E-state index in [0.717, 1.165) is 57.8 Å². The number of ether oxygens (including phenoxy) is 2. The van der Waals surface area contributed by atoms with Gasteiger partial charge in [-0.1, -0.05) is 72.2 Å². The fraction of sp³-hybridized carbons (Fsp3) is 0.636. The number of fused-ring (bicyclic) bond motifs is 6. The van der Waals surface area contributed by atoms with Crippen molar-refractivity contribution < 1.29 is 24.2 Å². The number of aliphatic hydroxyl groups excluding tert-OH is 1. The molecule has 3 saturated carbocycles. The number of hydrogen-bond acceptors (Lipinski definition) is 6. The van der Waals surface area contributed by atoms with Gasteiger partial charge in [0.15, 0.2) is 0 Å². The van der Waals surface area contributed by atoms with E-state index >= 15 is 0 Å². The van der Waals surface area contributed by atoms with E-state index in [4.69, 9.17) is 15.2 Å². The lowest BCUT2D eigenvalue weighted by Gasteiger charge is -2.70. The third-order valence-corrected chi connectivity index (χ3v) is 15.7. The van der Waals surface area contributed by atoms with Gasteiger partial charge in [-0.25, -0.2) is 9.59 Å². The summed E-state index contributed by atoms with van der Waals surface area (Å²) in [5.74, 6) is 0.122. The Labute approximate surface area is 299 Å². The van der Waals surface area contributed by atoms with Gasteiger partial charge in [0.1, 0.15) is 6.10 Å². The second-order valence-electron chi connectivity index (χ2n) is 18.9. The van der Waals surface area contributed by atoms with Crippen molar-refractivity contribution in [3.05, 3.63) is 76.9 Å². The van der Waals surface area contributed by atoms with Crippen LogP contribution in [0, 0.1) is 44.3 Å². The molecule has 0 aliphatic heterocycles. The average Bonchev–Trinajstić information content (AvgIpc) is 3.08. The molecule has 270 valence electrons. The molecule has 0 spiro atoms. The number of rotatable bonds is 5. The monoisotopic (exact) mass is 681 g/mol. The molecule has 2 aromatic rings. The Morgan fingerprint density at radius 1 is 0.800 bits per heavy atom. The molecule has 50 heavy (non-hydrogen) atoms. The number of hydrogen-bond donors (Lipinski definition) is 2. The topological polar surface area (TPSA) is 98.8 Å². The van der Waals surface area contributed by atoms with Gasteiger partial charge in [-0.05, 0) is 140 Å². The molecule has 3 fully saturated rings. The number of benzene rings is 2. The molecule has 0 radical (unpaired) electrons. The Morgan fingerprint density at radius 3 is 2.16 bits per heavy atom. The van der Waals surface area contributed by atoms with E-state index in [9.17, 15) is 14.7 Å². The van der Waals surface area contributed by atoms with Gasteiger partial charge >= 0.3 is 11.9 Å². The SMILES string of the molecule is CC1(C)[C@H](OC(=O)c2ccc(N)cc2)CC[C@]2(C)C3=C([C@H](O)C[C@@H]12)[C@@]1(C)CC[C@@]2(C)CC[C@@](C)(COC(=O)c4ccccc4)C[C@H]2[C@]1(C)CC3. The van der Waals surface area contributed by atoms with Crippen molar-refractivity contribution in [1.29, 1.82) is 0 Å². The van der Waals surface area contributed by atoms with Gasteiger partial charge in [0.25, 0.3) is 0 Å². The minimum atomic E-state index is -0.510. The number of aliphatic hydroxyl groups is 1. The second kappa shape index (κ2) is 12.0.